The summed E-state index contributed by atoms with van der Waals surface area (Å²) >= 11 is 0. The lowest BCUT2D eigenvalue weighted by molar-refractivity contribution is -0.00255. The summed E-state index contributed by atoms with van der Waals surface area (Å²) in [6.07, 6.45) is 2.17. The van der Waals surface area contributed by atoms with Gasteiger partial charge in [-0.2, -0.15) is 0 Å². The first-order chi connectivity index (χ1) is 12.6. The number of aliphatic hydroxyl groups is 1. The molecule has 0 amide bonds. The van der Waals surface area contributed by atoms with Crippen molar-refractivity contribution < 1.29 is 9.84 Å². The van der Waals surface area contributed by atoms with Crippen LogP contribution in [0.2, 0.25) is 0 Å². The lowest BCUT2D eigenvalue weighted by Crippen LogP contribution is -2.51. The Labute approximate surface area is 157 Å². The minimum atomic E-state index is -0.463. The maximum absolute atomic E-state index is 10.3. The molecule has 0 bridgehead atoms. The van der Waals surface area contributed by atoms with E-state index in [0.29, 0.717) is 13.0 Å². The normalized spacial score (nSPS) is 18.6. The number of rotatable bonds is 8. The van der Waals surface area contributed by atoms with Crippen molar-refractivity contribution in [2.45, 2.75) is 37.8 Å². The molecule has 1 atom stereocenters. The number of hydrogen-bond donors (Lipinski definition) is 3. The Hall–Kier alpha value is -1.63. The molecule has 1 fully saturated rings. The van der Waals surface area contributed by atoms with E-state index in [1.54, 1.807) is 0 Å². The van der Waals surface area contributed by atoms with Gasteiger partial charge >= 0.3 is 0 Å². The van der Waals surface area contributed by atoms with Crippen molar-refractivity contribution in [3.8, 4) is 0 Å². The highest BCUT2D eigenvalue weighted by atomic mass is 16.5. The second-order valence-corrected chi connectivity index (χ2v) is 7.07. The van der Waals surface area contributed by atoms with Crippen LogP contribution in [0.4, 0.5) is 0 Å². The van der Waals surface area contributed by atoms with Gasteiger partial charge in [0.1, 0.15) is 0 Å². The highest BCUT2D eigenvalue weighted by Crippen LogP contribution is 2.26. The molecule has 1 aliphatic rings. The molecule has 6 heteroatoms. The number of nitrogens with zero attached hydrogens (tertiary/aromatic N) is 2. The molecule has 0 aliphatic carbocycles. The van der Waals surface area contributed by atoms with Crippen LogP contribution < -0.4 is 10.6 Å². The van der Waals surface area contributed by atoms with Gasteiger partial charge in [-0.05, 0) is 45.8 Å². The second kappa shape index (κ2) is 10.5. The lowest BCUT2D eigenvalue weighted by Gasteiger charge is -2.41. The van der Waals surface area contributed by atoms with E-state index in [1.165, 1.54) is 0 Å². The Morgan fingerprint density at radius 2 is 1.92 bits per heavy atom. The standard InChI is InChI=1S/C20H34N4O2/c1-4-21-19(22-13-10-18(25)17-8-6-5-7-9-17)23-16-20(24(2)3)11-14-26-15-12-20/h5-9,18,25H,4,10-16H2,1-3H3,(H2,21,22,23). The second-order valence-electron chi connectivity index (χ2n) is 7.07. The highest BCUT2D eigenvalue weighted by molar-refractivity contribution is 5.79. The van der Waals surface area contributed by atoms with Gasteiger partial charge in [0.05, 0.1) is 12.6 Å². The van der Waals surface area contributed by atoms with Crippen LogP contribution in [0.15, 0.2) is 35.3 Å². The summed E-state index contributed by atoms with van der Waals surface area (Å²) in [5.74, 6) is 0.806. The van der Waals surface area contributed by atoms with E-state index in [0.717, 1.165) is 50.7 Å². The van der Waals surface area contributed by atoms with E-state index in [-0.39, 0.29) is 5.54 Å². The monoisotopic (exact) mass is 362 g/mol. The zero-order chi connectivity index (χ0) is 18.8. The van der Waals surface area contributed by atoms with E-state index >= 15 is 0 Å². The van der Waals surface area contributed by atoms with Gasteiger partial charge in [-0.25, -0.2) is 0 Å². The minimum absolute atomic E-state index is 0.0597. The predicted molar refractivity (Wildman–Crippen MR) is 106 cm³/mol. The first-order valence-corrected chi connectivity index (χ1v) is 9.58. The van der Waals surface area contributed by atoms with Gasteiger partial charge in [0.25, 0.3) is 0 Å². The molecule has 26 heavy (non-hydrogen) atoms. The zero-order valence-corrected chi connectivity index (χ0v) is 16.4. The van der Waals surface area contributed by atoms with E-state index in [1.807, 2.05) is 30.3 Å². The third kappa shape index (κ3) is 5.97. The van der Waals surface area contributed by atoms with Crippen LogP contribution in [0.3, 0.4) is 0 Å². The average molecular weight is 363 g/mol. The molecule has 0 aromatic heterocycles. The Kier molecular flexibility index (Phi) is 8.35. The fraction of sp³-hybridized carbons (Fsp3) is 0.650. The predicted octanol–water partition coefficient (Wildman–Crippen LogP) is 1.78. The largest absolute Gasteiger partial charge is 0.388 e. The third-order valence-electron chi connectivity index (χ3n) is 5.14. The Balaban J connectivity index is 1.89. The first-order valence-electron chi connectivity index (χ1n) is 9.58. The molecule has 1 aromatic rings. The molecular weight excluding hydrogens is 328 g/mol. The van der Waals surface area contributed by atoms with Gasteiger partial charge in [0, 0.05) is 31.8 Å². The molecule has 0 radical (unpaired) electrons. The maximum Gasteiger partial charge on any atom is 0.191 e. The van der Waals surface area contributed by atoms with Gasteiger partial charge in [0.15, 0.2) is 5.96 Å². The summed E-state index contributed by atoms with van der Waals surface area (Å²) in [5.41, 5.74) is 1.01. The first kappa shape index (κ1) is 20.7. The maximum atomic E-state index is 10.3. The lowest BCUT2D eigenvalue weighted by atomic mass is 9.89. The summed E-state index contributed by atoms with van der Waals surface area (Å²) in [7, 11) is 4.24. The number of nitrogens with one attached hydrogen (secondary N) is 2. The molecule has 146 valence electrons. The Morgan fingerprint density at radius 1 is 1.23 bits per heavy atom. The summed E-state index contributed by atoms with van der Waals surface area (Å²) < 4.78 is 5.53. The Morgan fingerprint density at radius 3 is 2.54 bits per heavy atom. The molecule has 1 heterocycles. The van der Waals surface area contributed by atoms with Crippen LogP contribution >= 0.6 is 0 Å². The van der Waals surface area contributed by atoms with Crippen molar-refractivity contribution in [2.75, 3.05) is 46.9 Å². The molecule has 1 aromatic carbocycles. The number of ether oxygens (including phenoxy) is 1. The summed E-state index contributed by atoms with van der Waals surface area (Å²) in [6, 6.07) is 9.77. The van der Waals surface area contributed by atoms with Crippen molar-refractivity contribution in [1.29, 1.82) is 0 Å². The number of guanidine groups is 1. The fourth-order valence-electron chi connectivity index (χ4n) is 3.24. The third-order valence-corrected chi connectivity index (χ3v) is 5.14. The van der Waals surface area contributed by atoms with Gasteiger partial charge in [-0.1, -0.05) is 30.3 Å². The number of aliphatic hydroxyl groups excluding tert-OH is 1. The smallest absolute Gasteiger partial charge is 0.191 e. The number of hydrogen-bond acceptors (Lipinski definition) is 4. The SMILES string of the molecule is CCNC(=NCC1(N(C)C)CCOCC1)NCCC(O)c1ccccc1. The van der Waals surface area contributed by atoms with E-state index in [4.69, 9.17) is 9.73 Å². The Bertz CT molecular complexity index is 542. The molecule has 1 unspecified atom stereocenters. The summed E-state index contributed by atoms with van der Waals surface area (Å²) in [5, 5.41) is 16.9. The number of likely N-dealkylation sites (N-methyl/N-ethyl adjacent to an activating group) is 1. The van der Waals surface area contributed by atoms with Crippen molar-refractivity contribution in [2.24, 2.45) is 4.99 Å². The van der Waals surface area contributed by atoms with Crippen LogP contribution in [0.25, 0.3) is 0 Å². The van der Waals surface area contributed by atoms with Crippen molar-refractivity contribution in [1.82, 2.24) is 15.5 Å². The van der Waals surface area contributed by atoms with Crippen molar-refractivity contribution in [3.63, 3.8) is 0 Å². The van der Waals surface area contributed by atoms with E-state index in [9.17, 15) is 5.11 Å². The molecule has 0 saturated carbocycles. The molecule has 3 N–H and O–H groups in total. The molecule has 2 rings (SSSR count). The summed E-state index contributed by atoms with van der Waals surface area (Å²) in [6.45, 7) is 5.86. The quantitative estimate of drug-likeness (QED) is 0.486. The topological polar surface area (TPSA) is 69.1 Å². The van der Waals surface area contributed by atoms with Crippen LogP contribution in [-0.4, -0.2) is 68.4 Å². The van der Waals surface area contributed by atoms with Gasteiger partial charge < -0.3 is 25.4 Å². The van der Waals surface area contributed by atoms with Gasteiger partial charge in [-0.15, -0.1) is 0 Å². The molecule has 1 saturated heterocycles. The van der Waals surface area contributed by atoms with Crippen LogP contribution in [0, 0.1) is 0 Å². The zero-order valence-electron chi connectivity index (χ0n) is 16.4. The number of benzene rings is 1. The minimum Gasteiger partial charge on any atom is -0.388 e. The van der Waals surface area contributed by atoms with Gasteiger partial charge in [-0.3, -0.25) is 4.99 Å². The van der Waals surface area contributed by atoms with Crippen LogP contribution in [0.5, 0.6) is 0 Å². The summed E-state index contributed by atoms with van der Waals surface area (Å²) in [4.78, 5) is 7.10. The van der Waals surface area contributed by atoms with Crippen molar-refractivity contribution in [3.05, 3.63) is 35.9 Å². The molecular formula is C20H34N4O2. The fourth-order valence-corrected chi connectivity index (χ4v) is 3.24. The van der Waals surface area contributed by atoms with Crippen LogP contribution in [-0.2, 0) is 4.74 Å². The molecule has 6 nitrogen and oxygen atoms in total. The highest BCUT2D eigenvalue weighted by Gasteiger charge is 2.34. The molecule has 1 aliphatic heterocycles. The van der Waals surface area contributed by atoms with Crippen LogP contribution in [0.1, 0.15) is 37.9 Å². The number of aliphatic imine (C=N–C) groups is 1. The van der Waals surface area contributed by atoms with E-state index in [2.05, 4.69) is 36.6 Å². The van der Waals surface area contributed by atoms with Crippen molar-refractivity contribution >= 4 is 5.96 Å². The average Bonchev–Trinajstić information content (AvgIpc) is 2.67. The molecule has 0 spiro atoms. The van der Waals surface area contributed by atoms with E-state index < -0.39 is 6.10 Å². The van der Waals surface area contributed by atoms with Gasteiger partial charge in [0.2, 0.25) is 0 Å².